The molecule has 2 N–H and O–H groups in total. The molecule has 1 aliphatic heterocycles. The van der Waals surface area contributed by atoms with Crippen molar-refractivity contribution in [2.24, 2.45) is 17.8 Å². The second kappa shape index (κ2) is 9.07. The fraction of sp³-hybridized carbons (Fsp3) is 0.650. The van der Waals surface area contributed by atoms with Crippen LogP contribution in [0, 0.1) is 17.8 Å². The van der Waals surface area contributed by atoms with E-state index >= 15 is 0 Å². The first-order valence-electron chi connectivity index (χ1n) is 9.10. The maximum Gasteiger partial charge on any atom is 0.220 e. The highest BCUT2D eigenvalue weighted by Gasteiger charge is 2.23. The molecular weight excluding hydrogens is 284 g/mol. The SMILES string of the molecule is CC(C)C(CNC(=O)CC(C)C1CCCNC1)c1ccccc1. The predicted molar refractivity (Wildman–Crippen MR) is 96.4 cm³/mol. The van der Waals surface area contributed by atoms with E-state index in [0.717, 1.165) is 19.6 Å². The highest BCUT2D eigenvalue weighted by atomic mass is 16.1. The van der Waals surface area contributed by atoms with Crippen LogP contribution in [0.25, 0.3) is 0 Å². The average molecular weight is 316 g/mol. The van der Waals surface area contributed by atoms with Gasteiger partial charge in [0.2, 0.25) is 5.91 Å². The van der Waals surface area contributed by atoms with Crippen LogP contribution in [0.5, 0.6) is 0 Å². The van der Waals surface area contributed by atoms with E-state index in [0.29, 0.717) is 30.1 Å². The van der Waals surface area contributed by atoms with Crippen molar-refractivity contribution in [2.45, 2.75) is 46.0 Å². The summed E-state index contributed by atoms with van der Waals surface area (Å²) in [6, 6.07) is 10.5. The molecule has 23 heavy (non-hydrogen) atoms. The number of carbonyl (C=O) groups is 1. The lowest BCUT2D eigenvalue weighted by molar-refractivity contribution is -0.122. The molecule has 0 saturated carbocycles. The highest BCUT2D eigenvalue weighted by Crippen LogP contribution is 2.24. The zero-order chi connectivity index (χ0) is 16.7. The topological polar surface area (TPSA) is 41.1 Å². The van der Waals surface area contributed by atoms with Gasteiger partial charge >= 0.3 is 0 Å². The van der Waals surface area contributed by atoms with Crippen molar-refractivity contribution in [3.05, 3.63) is 35.9 Å². The van der Waals surface area contributed by atoms with E-state index in [1.807, 2.05) is 6.07 Å². The molecule has 1 saturated heterocycles. The standard InChI is InChI=1S/C20H32N2O/c1-15(2)19(17-8-5-4-6-9-17)14-22-20(23)12-16(3)18-10-7-11-21-13-18/h4-6,8-9,15-16,18-19,21H,7,10-14H2,1-3H3,(H,22,23). The van der Waals surface area contributed by atoms with Crippen LogP contribution < -0.4 is 10.6 Å². The van der Waals surface area contributed by atoms with Crippen LogP contribution in [0.3, 0.4) is 0 Å². The number of hydrogen-bond acceptors (Lipinski definition) is 2. The number of carbonyl (C=O) groups excluding carboxylic acids is 1. The van der Waals surface area contributed by atoms with Gasteiger partial charge in [-0.25, -0.2) is 0 Å². The second-order valence-corrected chi connectivity index (χ2v) is 7.35. The summed E-state index contributed by atoms with van der Waals surface area (Å²) in [5.41, 5.74) is 1.31. The zero-order valence-electron chi connectivity index (χ0n) is 14.8. The van der Waals surface area contributed by atoms with Crippen molar-refractivity contribution in [3.63, 3.8) is 0 Å². The molecule has 1 aromatic carbocycles. The Bertz CT molecular complexity index is 466. The third-order valence-corrected chi connectivity index (χ3v) is 5.20. The molecule has 0 aromatic heterocycles. The lowest BCUT2D eigenvalue weighted by Gasteiger charge is -2.28. The predicted octanol–water partition coefficient (Wildman–Crippen LogP) is 3.57. The van der Waals surface area contributed by atoms with Gasteiger partial charge in [0, 0.05) is 18.9 Å². The molecule has 1 aromatic rings. The summed E-state index contributed by atoms with van der Waals surface area (Å²) in [6.07, 6.45) is 3.13. The summed E-state index contributed by atoms with van der Waals surface area (Å²) in [5.74, 6) is 2.19. The maximum absolute atomic E-state index is 12.3. The summed E-state index contributed by atoms with van der Waals surface area (Å²) in [5, 5.41) is 6.62. The molecule has 1 heterocycles. The Hall–Kier alpha value is -1.35. The van der Waals surface area contributed by atoms with E-state index in [-0.39, 0.29) is 5.91 Å². The van der Waals surface area contributed by atoms with Gasteiger partial charge in [-0.05, 0) is 49.2 Å². The summed E-state index contributed by atoms with van der Waals surface area (Å²) in [7, 11) is 0. The molecule has 1 fully saturated rings. The van der Waals surface area contributed by atoms with E-state index in [1.54, 1.807) is 0 Å². The minimum absolute atomic E-state index is 0.199. The number of nitrogens with one attached hydrogen (secondary N) is 2. The van der Waals surface area contributed by atoms with Crippen molar-refractivity contribution in [1.82, 2.24) is 10.6 Å². The fourth-order valence-electron chi connectivity index (χ4n) is 3.56. The summed E-state index contributed by atoms with van der Waals surface area (Å²) in [4.78, 5) is 12.3. The first kappa shape index (κ1) is 18.0. The minimum atomic E-state index is 0.199. The summed E-state index contributed by atoms with van der Waals surface area (Å²) >= 11 is 0. The van der Waals surface area contributed by atoms with Crippen molar-refractivity contribution in [3.8, 4) is 0 Å². The Morgan fingerprint density at radius 3 is 2.61 bits per heavy atom. The average Bonchev–Trinajstić information content (AvgIpc) is 2.56. The molecule has 0 bridgehead atoms. The lowest BCUT2D eigenvalue weighted by Crippen LogP contribution is -2.36. The Kier molecular flexibility index (Phi) is 7.10. The van der Waals surface area contributed by atoms with Gasteiger partial charge in [0.15, 0.2) is 0 Å². The Labute approximate surface area is 141 Å². The van der Waals surface area contributed by atoms with E-state index in [4.69, 9.17) is 0 Å². The van der Waals surface area contributed by atoms with Gasteiger partial charge in [-0.1, -0.05) is 51.1 Å². The third-order valence-electron chi connectivity index (χ3n) is 5.20. The highest BCUT2D eigenvalue weighted by molar-refractivity contribution is 5.76. The molecule has 3 heteroatoms. The van der Waals surface area contributed by atoms with Gasteiger partial charge < -0.3 is 10.6 Å². The van der Waals surface area contributed by atoms with Crippen molar-refractivity contribution < 1.29 is 4.79 Å². The van der Waals surface area contributed by atoms with Gasteiger partial charge in [0.1, 0.15) is 0 Å². The van der Waals surface area contributed by atoms with Crippen LogP contribution in [0.15, 0.2) is 30.3 Å². The van der Waals surface area contributed by atoms with Gasteiger partial charge in [0.25, 0.3) is 0 Å². The van der Waals surface area contributed by atoms with Gasteiger partial charge in [-0.3, -0.25) is 4.79 Å². The number of hydrogen-bond donors (Lipinski definition) is 2. The van der Waals surface area contributed by atoms with Gasteiger partial charge in [0.05, 0.1) is 0 Å². The quantitative estimate of drug-likeness (QED) is 0.807. The van der Waals surface area contributed by atoms with Crippen LogP contribution in [-0.2, 0) is 4.79 Å². The van der Waals surface area contributed by atoms with Crippen LogP contribution in [0.2, 0.25) is 0 Å². The number of piperidine rings is 1. The maximum atomic E-state index is 12.3. The molecule has 128 valence electrons. The van der Waals surface area contributed by atoms with Crippen LogP contribution in [0.1, 0.15) is 51.5 Å². The largest absolute Gasteiger partial charge is 0.355 e. The fourth-order valence-corrected chi connectivity index (χ4v) is 3.56. The molecule has 1 aliphatic rings. The second-order valence-electron chi connectivity index (χ2n) is 7.35. The normalized spacial score (nSPS) is 21.0. The molecule has 0 aliphatic carbocycles. The monoisotopic (exact) mass is 316 g/mol. The number of benzene rings is 1. The molecule has 3 nitrogen and oxygen atoms in total. The molecule has 1 amide bonds. The van der Waals surface area contributed by atoms with Crippen LogP contribution >= 0.6 is 0 Å². The van der Waals surface area contributed by atoms with Crippen molar-refractivity contribution in [2.75, 3.05) is 19.6 Å². The Morgan fingerprint density at radius 2 is 2.00 bits per heavy atom. The number of amides is 1. The van der Waals surface area contributed by atoms with E-state index in [2.05, 4.69) is 55.7 Å². The first-order valence-corrected chi connectivity index (χ1v) is 9.10. The molecular formula is C20H32N2O. The van der Waals surface area contributed by atoms with E-state index in [9.17, 15) is 4.79 Å². The lowest BCUT2D eigenvalue weighted by atomic mass is 9.85. The first-order chi connectivity index (χ1) is 11.1. The summed E-state index contributed by atoms with van der Waals surface area (Å²) < 4.78 is 0. The van der Waals surface area contributed by atoms with Crippen molar-refractivity contribution in [1.29, 1.82) is 0 Å². The smallest absolute Gasteiger partial charge is 0.220 e. The third kappa shape index (κ3) is 5.65. The van der Waals surface area contributed by atoms with Crippen LogP contribution in [-0.4, -0.2) is 25.5 Å². The van der Waals surface area contributed by atoms with Crippen molar-refractivity contribution >= 4 is 5.91 Å². The molecule has 3 unspecified atom stereocenters. The van der Waals surface area contributed by atoms with E-state index < -0.39 is 0 Å². The summed E-state index contributed by atoms with van der Waals surface area (Å²) in [6.45, 7) is 9.58. The van der Waals surface area contributed by atoms with Gasteiger partial charge in [-0.15, -0.1) is 0 Å². The van der Waals surface area contributed by atoms with E-state index in [1.165, 1.54) is 18.4 Å². The molecule has 3 atom stereocenters. The molecule has 2 rings (SSSR count). The molecule has 0 spiro atoms. The Balaban J connectivity index is 1.82. The molecule has 0 radical (unpaired) electrons. The Morgan fingerprint density at radius 1 is 1.26 bits per heavy atom. The van der Waals surface area contributed by atoms with Gasteiger partial charge in [-0.2, -0.15) is 0 Å². The zero-order valence-corrected chi connectivity index (χ0v) is 14.8. The number of rotatable bonds is 7. The van der Waals surface area contributed by atoms with Crippen LogP contribution in [0.4, 0.5) is 0 Å². The minimum Gasteiger partial charge on any atom is -0.355 e.